The SMILES string of the molecule is Cn1c(C(=O)NCc2ccccc2F)cc2ccc(-c3cnn(C4CNCCO4)c3)nc21. The van der Waals surface area contributed by atoms with Gasteiger partial charge in [-0.25, -0.2) is 14.1 Å². The van der Waals surface area contributed by atoms with Crippen LogP contribution < -0.4 is 10.6 Å². The molecule has 0 aliphatic carbocycles. The first-order valence-corrected chi connectivity index (χ1v) is 10.4. The largest absolute Gasteiger partial charge is 0.354 e. The molecule has 0 radical (unpaired) electrons. The van der Waals surface area contributed by atoms with E-state index in [2.05, 4.69) is 15.7 Å². The van der Waals surface area contributed by atoms with E-state index in [-0.39, 0.29) is 24.5 Å². The lowest BCUT2D eigenvalue weighted by molar-refractivity contribution is -0.0271. The van der Waals surface area contributed by atoms with Crippen LogP contribution in [0.1, 0.15) is 22.3 Å². The quantitative estimate of drug-likeness (QED) is 0.504. The molecule has 0 bridgehead atoms. The first kappa shape index (κ1) is 20.3. The van der Waals surface area contributed by atoms with Gasteiger partial charge in [-0.15, -0.1) is 0 Å². The van der Waals surface area contributed by atoms with Crippen LogP contribution in [0.5, 0.6) is 0 Å². The van der Waals surface area contributed by atoms with Crippen molar-refractivity contribution in [2.75, 3.05) is 19.7 Å². The van der Waals surface area contributed by atoms with Crippen molar-refractivity contribution in [1.29, 1.82) is 0 Å². The molecule has 3 aromatic heterocycles. The minimum Gasteiger partial charge on any atom is -0.354 e. The van der Waals surface area contributed by atoms with Gasteiger partial charge in [-0.2, -0.15) is 5.10 Å². The zero-order valence-corrected chi connectivity index (χ0v) is 17.6. The van der Waals surface area contributed by atoms with Crippen LogP contribution in [0.3, 0.4) is 0 Å². The number of ether oxygens (including phenoxy) is 1. The van der Waals surface area contributed by atoms with Gasteiger partial charge in [0.05, 0.1) is 18.5 Å². The van der Waals surface area contributed by atoms with Crippen LogP contribution in [0.25, 0.3) is 22.3 Å². The molecule has 4 aromatic rings. The molecular weight excluding hydrogens is 411 g/mol. The Morgan fingerprint density at radius 1 is 1.31 bits per heavy atom. The maximum atomic E-state index is 13.8. The number of halogens is 1. The second kappa shape index (κ2) is 8.52. The molecule has 2 N–H and O–H groups in total. The summed E-state index contributed by atoms with van der Waals surface area (Å²) in [6.07, 6.45) is 3.54. The second-order valence-corrected chi connectivity index (χ2v) is 7.71. The molecule has 1 aromatic carbocycles. The number of morpholine rings is 1. The number of carbonyl (C=O) groups excluding carboxylic acids is 1. The highest BCUT2D eigenvalue weighted by Crippen LogP contribution is 2.24. The van der Waals surface area contributed by atoms with E-state index >= 15 is 0 Å². The number of carbonyl (C=O) groups is 1. The molecular formula is C23H23FN6O2. The van der Waals surface area contributed by atoms with Crippen LogP contribution in [-0.4, -0.2) is 44.9 Å². The first-order chi connectivity index (χ1) is 15.6. The van der Waals surface area contributed by atoms with Gasteiger partial charge >= 0.3 is 0 Å². The van der Waals surface area contributed by atoms with Gasteiger partial charge in [0.1, 0.15) is 17.2 Å². The Hall–Kier alpha value is -3.56. The van der Waals surface area contributed by atoms with Crippen molar-refractivity contribution in [1.82, 2.24) is 30.0 Å². The van der Waals surface area contributed by atoms with Crippen molar-refractivity contribution >= 4 is 16.9 Å². The van der Waals surface area contributed by atoms with Gasteiger partial charge in [0.25, 0.3) is 5.91 Å². The fourth-order valence-corrected chi connectivity index (χ4v) is 3.83. The molecule has 1 unspecified atom stereocenters. The molecule has 1 fully saturated rings. The molecule has 1 saturated heterocycles. The Morgan fingerprint density at radius 2 is 2.19 bits per heavy atom. The average Bonchev–Trinajstić information content (AvgIpc) is 3.44. The lowest BCUT2D eigenvalue weighted by Gasteiger charge is -2.23. The lowest BCUT2D eigenvalue weighted by atomic mass is 10.2. The van der Waals surface area contributed by atoms with E-state index in [1.165, 1.54) is 6.07 Å². The predicted octanol–water partition coefficient (Wildman–Crippen LogP) is 2.62. The van der Waals surface area contributed by atoms with Crippen molar-refractivity contribution in [2.24, 2.45) is 7.05 Å². The highest BCUT2D eigenvalue weighted by Gasteiger charge is 2.18. The monoisotopic (exact) mass is 434 g/mol. The van der Waals surface area contributed by atoms with Gasteiger partial charge < -0.3 is 19.9 Å². The molecule has 1 amide bonds. The fraction of sp³-hybridized carbons (Fsp3) is 0.261. The number of hydrogen-bond donors (Lipinski definition) is 2. The van der Waals surface area contributed by atoms with E-state index in [1.54, 1.807) is 46.8 Å². The molecule has 0 saturated carbocycles. The number of nitrogens with one attached hydrogen (secondary N) is 2. The standard InChI is InChI=1S/C23H23FN6O2/c1-29-20(23(31)26-11-16-4-2-3-5-18(16)24)10-15-6-7-19(28-22(15)29)17-12-27-30(14-17)21-13-25-8-9-32-21/h2-7,10,12,14,21,25H,8-9,11,13H2,1H3,(H,26,31). The van der Waals surface area contributed by atoms with Crippen molar-refractivity contribution in [2.45, 2.75) is 12.8 Å². The van der Waals surface area contributed by atoms with E-state index in [0.717, 1.165) is 23.2 Å². The van der Waals surface area contributed by atoms with Gasteiger partial charge in [-0.05, 0) is 24.3 Å². The van der Waals surface area contributed by atoms with E-state index in [1.807, 2.05) is 18.3 Å². The van der Waals surface area contributed by atoms with Crippen LogP contribution in [-0.2, 0) is 18.3 Å². The minimum atomic E-state index is -0.342. The van der Waals surface area contributed by atoms with Crippen LogP contribution in [0.15, 0.2) is 54.9 Å². The van der Waals surface area contributed by atoms with Crippen LogP contribution in [0, 0.1) is 5.82 Å². The summed E-state index contributed by atoms with van der Waals surface area (Å²) in [4.78, 5) is 17.5. The highest BCUT2D eigenvalue weighted by molar-refractivity contribution is 5.98. The van der Waals surface area contributed by atoms with Gasteiger partial charge in [0, 0.05) is 49.4 Å². The summed E-state index contributed by atoms with van der Waals surface area (Å²) >= 11 is 0. The number of aryl methyl sites for hydroxylation is 1. The second-order valence-electron chi connectivity index (χ2n) is 7.71. The molecule has 0 spiro atoms. The Labute approximate surface area is 184 Å². The minimum absolute atomic E-state index is 0.114. The first-order valence-electron chi connectivity index (χ1n) is 10.4. The zero-order chi connectivity index (χ0) is 22.1. The van der Waals surface area contributed by atoms with Crippen LogP contribution in [0.4, 0.5) is 4.39 Å². The molecule has 1 aliphatic rings. The van der Waals surface area contributed by atoms with Crippen LogP contribution >= 0.6 is 0 Å². The maximum absolute atomic E-state index is 13.8. The summed E-state index contributed by atoms with van der Waals surface area (Å²) < 4.78 is 23.1. The van der Waals surface area contributed by atoms with Gasteiger partial charge in [-0.3, -0.25) is 4.79 Å². The molecule has 4 heterocycles. The van der Waals surface area contributed by atoms with Gasteiger partial charge in [0.15, 0.2) is 6.23 Å². The summed E-state index contributed by atoms with van der Waals surface area (Å²) in [5, 5.41) is 11.3. The smallest absolute Gasteiger partial charge is 0.268 e. The topological polar surface area (TPSA) is 86.0 Å². The van der Waals surface area contributed by atoms with Crippen LogP contribution in [0.2, 0.25) is 0 Å². The molecule has 1 aliphatic heterocycles. The maximum Gasteiger partial charge on any atom is 0.268 e. The molecule has 8 nitrogen and oxygen atoms in total. The number of benzene rings is 1. The molecule has 5 rings (SSSR count). The van der Waals surface area contributed by atoms with Gasteiger partial charge in [0.2, 0.25) is 0 Å². The number of nitrogens with zero attached hydrogens (tertiary/aromatic N) is 4. The predicted molar refractivity (Wildman–Crippen MR) is 117 cm³/mol. The molecule has 164 valence electrons. The third kappa shape index (κ3) is 3.88. The van der Waals surface area contributed by atoms with E-state index in [9.17, 15) is 9.18 Å². The van der Waals surface area contributed by atoms with E-state index in [0.29, 0.717) is 30.1 Å². The van der Waals surface area contributed by atoms with E-state index in [4.69, 9.17) is 9.72 Å². The summed E-state index contributed by atoms with van der Waals surface area (Å²) in [7, 11) is 1.79. The Kier molecular flexibility index (Phi) is 5.42. The summed E-state index contributed by atoms with van der Waals surface area (Å²) in [5.74, 6) is -0.629. The number of aromatic nitrogens is 4. The Balaban J connectivity index is 1.37. The van der Waals surface area contributed by atoms with Gasteiger partial charge in [-0.1, -0.05) is 18.2 Å². The lowest BCUT2D eigenvalue weighted by Crippen LogP contribution is -2.36. The third-order valence-corrected chi connectivity index (χ3v) is 5.61. The third-order valence-electron chi connectivity index (χ3n) is 5.61. The summed E-state index contributed by atoms with van der Waals surface area (Å²) in [5.41, 5.74) is 3.20. The van der Waals surface area contributed by atoms with Crippen molar-refractivity contribution in [3.8, 4) is 11.3 Å². The number of hydrogen-bond acceptors (Lipinski definition) is 5. The Bertz CT molecular complexity index is 1270. The average molecular weight is 434 g/mol. The number of rotatable bonds is 5. The fourth-order valence-electron chi connectivity index (χ4n) is 3.83. The number of pyridine rings is 1. The van der Waals surface area contributed by atoms with Crippen molar-refractivity contribution < 1.29 is 13.9 Å². The molecule has 1 atom stereocenters. The van der Waals surface area contributed by atoms with Crippen molar-refractivity contribution in [3.05, 3.63) is 71.9 Å². The normalized spacial score (nSPS) is 16.4. The zero-order valence-electron chi connectivity index (χ0n) is 17.6. The van der Waals surface area contributed by atoms with E-state index < -0.39 is 0 Å². The Morgan fingerprint density at radius 3 is 3.00 bits per heavy atom. The molecule has 32 heavy (non-hydrogen) atoms. The van der Waals surface area contributed by atoms with Crippen molar-refractivity contribution in [3.63, 3.8) is 0 Å². The summed E-state index contributed by atoms with van der Waals surface area (Å²) in [6, 6.07) is 12.0. The highest BCUT2D eigenvalue weighted by atomic mass is 19.1. The summed E-state index contributed by atoms with van der Waals surface area (Å²) in [6.45, 7) is 2.31. The number of fused-ring (bicyclic) bond motifs is 1. The number of amides is 1. The molecule has 9 heteroatoms.